The molecular weight excluding hydrogens is 556 g/mol. The fraction of sp³-hybridized carbons (Fsp3) is 0.919. The summed E-state index contributed by atoms with van der Waals surface area (Å²) in [4.78, 5) is 11.7. The molecule has 0 unspecified atom stereocenters. The van der Waals surface area contributed by atoms with Crippen LogP contribution < -0.4 is 0 Å². The van der Waals surface area contributed by atoms with E-state index in [1.807, 2.05) is 6.92 Å². The Kier molecular flexibility index (Phi) is 21.6. The summed E-state index contributed by atoms with van der Waals surface area (Å²) in [5.74, 6) is -0.308. The van der Waals surface area contributed by atoms with E-state index in [1.165, 1.54) is 77.0 Å². The van der Waals surface area contributed by atoms with Crippen LogP contribution in [0.1, 0.15) is 174 Å². The molecule has 258 valence electrons. The first-order valence-corrected chi connectivity index (χ1v) is 18.6. The Balaban J connectivity index is 1.40. The molecular formula is C37H68O7. The van der Waals surface area contributed by atoms with E-state index in [-0.39, 0.29) is 24.3 Å². The molecule has 0 aromatic heterocycles. The van der Waals surface area contributed by atoms with Crippen LogP contribution in [-0.4, -0.2) is 69.1 Å². The van der Waals surface area contributed by atoms with Gasteiger partial charge < -0.3 is 29.9 Å². The lowest BCUT2D eigenvalue weighted by Crippen LogP contribution is -2.31. The van der Waals surface area contributed by atoms with Crippen LogP contribution >= 0.6 is 0 Å². The number of hydrogen-bond acceptors (Lipinski definition) is 7. The second-order valence-electron chi connectivity index (χ2n) is 13.8. The smallest absolute Gasteiger partial charge is 0.334 e. The number of aliphatic hydroxyl groups is 4. The van der Waals surface area contributed by atoms with Crippen molar-refractivity contribution in [3.8, 4) is 0 Å². The Hall–Kier alpha value is -0.990. The normalized spacial score (nSPS) is 23.0. The van der Waals surface area contributed by atoms with Crippen LogP contribution in [-0.2, 0) is 14.3 Å². The van der Waals surface area contributed by atoms with Crippen molar-refractivity contribution in [1.29, 1.82) is 0 Å². The number of cyclic esters (lactones) is 1. The zero-order valence-electron chi connectivity index (χ0n) is 28.3. The van der Waals surface area contributed by atoms with Gasteiger partial charge in [-0.25, -0.2) is 4.79 Å². The molecule has 44 heavy (non-hydrogen) atoms. The SMILES string of the molecule is CCCCCCCCCCCCCCCC[C@@H](O)[C@H](O)CC[C@H](O)[C@@H]1CC[C@@H](CCCCC[C@@H](O)CC2=C[C@H](C)OC2=O)O1. The number of aliphatic hydroxyl groups excluding tert-OH is 4. The Labute approximate surface area is 269 Å². The van der Waals surface area contributed by atoms with Gasteiger partial charge in [0.25, 0.3) is 0 Å². The number of esters is 1. The minimum atomic E-state index is -0.793. The molecule has 4 N–H and O–H groups in total. The molecule has 7 nitrogen and oxygen atoms in total. The number of ether oxygens (including phenoxy) is 2. The van der Waals surface area contributed by atoms with Crippen molar-refractivity contribution in [3.05, 3.63) is 11.6 Å². The number of rotatable bonds is 28. The Morgan fingerprint density at radius 1 is 0.705 bits per heavy atom. The summed E-state index contributed by atoms with van der Waals surface area (Å²) >= 11 is 0. The molecule has 2 aliphatic rings. The third-order valence-electron chi connectivity index (χ3n) is 9.64. The summed E-state index contributed by atoms with van der Waals surface area (Å²) in [5.41, 5.74) is 0.584. The first-order chi connectivity index (χ1) is 21.3. The van der Waals surface area contributed by atoms with Crippen molar-refractivity contribution in [2.75, 3.05) is 0 Å². The van der Waals surface area contributed by atoms with Gasteiger partial charge >= 0.3 is 5.97 Å². The molecule has 0 bridgehead atoms. The van der Waals surface area contributed by atoms with Crippen molar-refractivity contribution in [1.82, 2.24) is 0 Å². The second kappa shape index (κ2) is 24.2. The van der Waals surface area contributed by atoms with Crippen LogP contribution in [0.2, 0.25) is 0 Å². The van der Waals surface area contributed by atoms with Gasteiger partial charge in [-0.2, -0.15) is 0 Å². The fourth-order valence-corrected chi connectivity index (χ4v) is 6.76. The van der Waals surface area contributed by atoms with Crippen LogP contribution in [0.15, 0.2) is 11.6 Å². The summed E-state index contributed by atoms with van der Waals surface area (Å²) in [6, 6.07) is 0. The molecule has 0 aromatic carbocycles. The highest BCUT2D eigenvalue weighted by Gasteiger charge is 2.31. The Bertz CT molecular complexity index is 756. The van der Waals surface area contributed by atoms with Crippen molar-refractivity contribution >= 4 is 5.97 Å². The predicted octanol–water partition coefficient (Wildman–Crippen LogP) is 7.84. The molecule has 0 aliphatic carbocycles. The van der Waals surface area contributed by atoms with Crippen molar-refractivity contribution in [3.63, 3.8) is 0 Å². The van der Waals surface area contributed by atoms with Gasteiger partial charge in [-0.3, -0.25) is 0 Å². The molecule has 2 heterocycles. The monoisotopic (exact) mass is 624 g/mol. The van der Waals surface area contributed by atoms with E-state index in [0.717, 1.165) is 51.4 Å². The topological polar surface area (TPSA) is 116 Å². The maximum Gasteiger partial charge on any atom is 0.334 e. The van der Waals surface area contributed by atoms with Crippen molar-refractivity contribution in [2.24, 2.45) is 0 Å². The molecule has 0 aromatic rings. The van der Waals surface area contributed by atoms with Gasteiger partial charge in [0, 0.05) is 12.0 Å². The van der Waals surface area contributed by atoms with Gasteiger partial charge in [0.2, 0.25) is 0 Å². The molecule has 1 saturated heterocycles. The summed E-state index contributed by atoms with van der Waals surface area (Å²) in [6.07, 6.45) is 25.2. The fourth-order valence-electron chi connectivity index (χ4n) is 6.76. The maximum absolute atomic E-state index is 11.7. The molecule has 0 saturated carbocycles. The minimum Gasteiger partial charge on any atom is -0.455 e. The van der Waals surface area contributed by atoms with Crippen LogP contribution in [0, 0.1) is 0 Å². The lowest BCUT2D eigenvalue weighted by atomic mass is 9.97. The summed E-state index contributed by atoms with van der Waals surface area (Å²) in [5, 5.41) is 41.7. The third-order valence-corrected chi connectivity index (χ3v) is 9.64. The standard InChI is InChI=1S/C37H68O7/c1-3-4-5-6-7-8-9-10-11-12-13-14-15-19-22-33(39)34(40)24-25-35(41)36-26-23-32(44-36)21-18-16-17-20-31(38)28-30-27-29(2)43-37(30)42/h27,29,31-36,38-41H,3-26,28H2,1-2H3/t29-,31+,32+,33+,34+,35-,36-/m0/s1. The highest BCUT2D eigenvalue weighted by atomic mass is 16.5. The van der Waals surface area contributed by atoms with E-state index in [9.17, 15) is 25.2 Å². The summed E-state index contributed by atoms with van der Waals surface area (Å²) in [7, 11) is 0. The molecule has 2 aliphatic heterocycles. The lowest BCUT2D eigenvalue weighted by molar-refractivity contribution is -0.139. The highest BCUT2D eigenvalue weighted by Crippen LogP contribution is 2.28. The van der Waals surface area contributed by atoms with Gasteiger partial charge in [-0.15, -0.1) is 0 Å². The summed E-state index contributed by atoms with van der Waals surface area (Å²) in [6.45, 7) is 4.09. The summed E-state index contributed by atoms with van der Waals surface area (Å²) < 4.78 is 11.2. The van der Waals surface area contributed by atoms with E-state index < -0.39 is 24.4 Å². The van der Waals surface area contributed by atoms with Crippen LogP contribution in [0.4, 0.5) is 0 Å². The van der Waals surface area contributed by atoms with Crippen LogP contribution in [0.25, 0.3) is 0 Å². The Morgan fingerprint density at radius 2 is 1.25 bits per heavy atom. The zero-order chi connectivity index (χ0) is 32.0. The Morgan fingerprint density at radius 3 is 1.84 bits per heavy atom. The van der Waals surface area contributed by atoms with Gasteiger partial charge in [0.1, 0.15) is 6.10 Å². The van der Waals surface area contributed by atoms with Crippen molar-refractivity contribution < 1.29 is 34.7 Å². The molecule has 7 heteroatoms. The first kappa shape index (κ1) is 39.2. The third kappa shape index (κ3) is 17.6. The van der Waals surface area contributed by atoms with Crippen LogP contribution in [0.3, 0.4) is 0 Å². The molecule has 2 rings (SSSR count). The average molecular weight is 625 g/mol. The number of carbonyl (C=O) groups excluding carboxylic acids is 1. The van der Waals surface area contributed by atoms with E-state index in [4.69, 9.17) is 9.47 Å². The number of unbranched alkanes of at least 4 members (excludes halogenated alkanes) is 15. The molecule has 0 radical (unpaired) electrons. The molecule has 1 fully saturated rings. The van der Waals surface area contributed by atoms with E-state index in [0.29, 0.717) is 37.7 Å². The van der Waals surface area contributed by atoms with Crippen molar-refractivity contribution in [2.45, 2.75) is 217 Å². The molecule has 0 amide bonds. The van der Waals surface area contributed by atoms with Crippen LogP contribution in [0.5, 0.6) is 0 Å². The highest BCUT2D eigenvalue weighted by molar-refractivity contribution is 5.90. The minimum absolute atomic E-state index is 0.148. The van der Waals surface area contributed by atoms with E-state index in [2.05, 4.69) is 6.92 Å². The van der Waals surface area contributed by atoms with Gasteiger partial charge in [0.05, 0.1) is 36.6 Å². The predicted molar refractivity (Wildman–Crippen MR) is 177 cm³/mol. The van der Waals surface area contributed by atoms with Gasteiger partial charge in [0.15, 0.2) is 0 Å². The number of hydrogen-bond donors (Lipinski definition) is 4. The maximum atomic E-state index is 11.7. The molecule has 7 atom stereocenters. The first-order valence-electron chi connectivity index (χ1n) is 18.6. The molecule has 0 spiro atoms. The zero-order valence-corrected chi connectivity index (χ0v) is 28.3. The van der Waals surface area contributed by atoms with Gasteiger partial charge in [-0.1, -0.05) is 116 Å². The quantitative estimate of drug-likeness (QED) is 0.0518. The average Bonchev–Trinajstić information content (AvgIpc) is 3.60. The van der Waals surface area contributed by atoms with Gasteiger partial charge in [-0.05, 0) is 57.9 Å². The second-order valence-corrected chi connectivity index (χ2v) is 13.8. The lowest BCUT2D eigenvalue weighted by Gasteiger charge is -2.22. The number of carbonyl (C=O) groups is 1. The largest absolute Gasteiger partial charge is 0.455 e. The van der Waals surface area contributed by atoms with E-state index in [1.54, 1.807) is 6.08 Å². The van der Waals surface area contributed by atoms with E-state index >= 15 is 0 Å².